The Morgan fingerprint density at radius 1 is 0.909 bits per heavy atom. The molecule has 2 nitrogen and oxygen atoms in total. The summed E-state index contributed by atoms with van der Waals surface area (Å²) in [5.41, 5.74) is 1.10. The maximum absolute atomic E-state index is 6.07. The molecule has 0 aliphatic heterocycles. The zero-order valence-electron chi connectivity index (χ0n) is 11.9. The van der Waals surface area contributed by atoms with E-state index in [4.69, 9.17) is 27.9 Å². The molecule has 0 saturated heterocycles. The zero-order valence-corrected chi connectivity index (χ0v) is 13.4. The highest BCUT2D eigenvalue weighted by Gasteiger charge is 2.03. The predicted molar refractivity (Wildman–Crippen MR) is 94.4 cm³/mol. The fourth-order valence-corrected chi connectivity index (χ4v) is 2.78. The number of hydrogen-bond donors (Lipinski definition) is 1. The lowest BCUT2D eigenvalue weighted by Gasteiger charge is -2.11. The Morgan fingerprint density at radius 2 is 1.73 bits per heavy atom. The van der Waals surface area contributed by atoms with E-state index in [1.165, 1.54) is 10.8 Å². The van der Waals surface area contributed by atoms with E-state index < -0.39 is 0 Å². The van der Waals surface area contributed by atoms with Crippen molar-refractivity contribution >= 4 is 39.7 Å². The van der Waals surface area contributed by atoms with E-state index >= 15 is 0 Å². The molecule has 0 aliphatic rings. The van der Waals surface area contributed by atoms with Crippen molar-refractivity contribution in [2.75, 3.05) is 18.5 Å². The fraction of sp³-hybridized carbons (Fsp3) is 0.111. The van der Waals surface area contributed by atoms with E-state index in [1.54, 1.807) is 18.2 Å². The quantitative estimate of drug-likeness (QED) is 0.611. The number of ether oxygens (including phenoxy) is 1. The second kappa shape index (κ2) is 6.91. The predicted octanol–water partition coefficient (Wildman–Crippen LogP) is 5.64. The van der Waals surface area contributed by atoms with Crippen LogP contribution in [0.3, 0.4) is 0 Å². The number of nitrogens with one attached hydrogen (secondary N) is 1. The molecule has 0 heterocycles. The van der Waals surface area contributed by atoms with Crippen molar-refractivity contribution in [2.45, 2.75) is 0 Å². The first-order valence-corrected chi connectivity index (χ1v) is 7.79. The van der Waals surface area contributed by atoms with Gasteiger partial charge in [-0.25, -0.2) is 0 Å². The molecule has 3 rings (SSSR count). The second-order valence-electron chi connectivity index (χ2n) is 4.88. The average molecular weight is 332 g/mol. The van der Waals surface area contributed by atoms with Crippen LogP contribution in [0.5, 0.6) is 5.75 Å². The molecule has 3 aromatic carbocycles. The first kappa shape index (κ1) is 15.0. The largest absolute Gasteiger partial charge is 0.490 e. The molecule has 112 valence electrons. The summed E-state index contributed by atoms with van der Waals surface area (Å²) < 4.78 is 5.67. The van der Waals surface area contributed by atoms with Crippen LogP contribution < -0.4 is 10.1 Å². The topological polar surface area (TPSA) is 21.3 Å². The van der Waals surface area contributed by atoms with Crippen molar-refractivity contribution < 1.29 is 4.74 Å². The van der Waals surface area contributed by atoms with Crippen LogP contribution in [0.4, 0.5) is 5.69 Å². The lowest BCUT2D eigenvalue weighted by atomic mass is 10.1. The summed E-state index contributed by atoms with van der Waals surface area (Å²) in [5.74, 6) is 0.644. The number of halogens is 2. The molecule has 22 heavy (non-hydrogen) atoms. The maximum atomic E-state index is 6.07. The molecule has 4 heteroatoms. The molecule has 0 fully saturated rings. The van der Waals surface area contributed by atoms with Crippen molar-refractivity contribution in [3.05, 3.63) is 70.7 Å². The Labute approximate surface area is 139 Å². The molecule has 0 radical (unpaired) electrons. The van der Waals surface area contributed by atoms with E-state index in [-0.39, 0.29) is 0 Å². The minimum Gasteiger partial charge on any atom is -0.490 e. The highest BCUT2D eigenvalue weighted by molar-refractivity contribution is 6.35. The Bertz CT molecular complexity index is 784. The Hall–Kier alpha value is -1.90. The minimum absolute atomic E-state index is 0.518. The molecule has 3 aromatic rings. The number of hydrogen-bond acceptors (Lipinski definition) is 2. The van der Waals surface area contributed by atoms with Crippen molar-refractivity contribution in [2.24, 2.45) is 0 Å². The third-order valence-corrected chi connectivity index (χ3v) is 3.89. The van der Waals surface area contributed by atoms with Crippen molar-refractivity contribution in [1.82, 2.24) is 0 Å². The van der Waals surface area contributed by atoms with Gasteiger partial charge in [-0.3, -0.25) is 0 Å². The van der Waals surface area contributed by atoms with Crippen LogP contribution in [-0.2, 0) is 0 Å². The minimum atomic E-state index is 0.518. The van der Waals surface area contributed by atoms with Gasteiger partial charge >= 0.3 is 0 Å². The molecule has 0 aromatic heterocycles. The second-order valence-corrected chi connectivity index (χ2v) is 5.72. The molecule has 0 saturated carbocycles. The van der Waals surface area contributed by atoms with E-state index in [1.807, 2.05) is 18.2 Å². The Kier molecular flexibility index (Phi) is 4.71. The summed E-state index contributed by atoms with van der Waals surface area (Å²) in [6.45, 7) is 1.21. The first-order chi connectivity index (χ1) is 10.7. The smallest absolute Gasteiger partial charge is 0.138 e. The van der Waals surface area contributed by atoms with Gasteiger partial charge in [-0.2, -0.15) is 0 Å². The van der Waals surface area contributed by atoms with Gasteiger partial charge in [0.2, 0.25) is 0 Å². The highest BCUT2D eigenvalue weighted by atomic mass is 35.5. The SMILES string of the molecule is Clc1ccc(OCCNc2cccc3ccccc23)c(Cl)c1. The molecule has 0 unspecified atom stereocenters. The van der Waals surface area contributed by atoms with Crippen LogP contribution in [0.25, 0.3) is 10.8 Å². The number of anilines is 1. The van der Waals surface area contributed by atoms with Crippen LogP contribution in [0, 0.1) is 0 Å². The van der Waals surface area contributed by atoms with Gasteiger partial charge in [0.15, 0.2) is 0 Å². The van der Waals surface area contributed by atoms with Crippen molar-refractivity contribution in [3.63, 3.8) is 0 Å². The average Bonchev–Trinajstić information content (AvgIpc) is 2.53. The molecular formula is C18H15Cl2NO. The summed E-state index contributed by atoms with van der Waals surface area (Å²) in [6, 6.07) is 19.7. The molecule has 0 amide bonds. The van der Waals surface area contributed by atoms with Crippen molar-refractivity contribution in [3.8, 4) is 5.75 Å². The van der Waals surface area contributed by atoms with Crippen molar-refractivity contribution in [1.29, 1.82) is 0 Å². The van der Waals surface area contributed by atoms with E-state index in [0.717, 1.165) is 5.69 Å². The van der Waals surface area contributed by atoms with Gasteiger partial charge in [-0.15, -0.1) is 0 Å². The van der Waals surface area contributed by atoms with E-state index in [0.29, 0.717) is 28.9 Å². The van der Waals surface area contributed by atoms with Gasteiger partial charge in [0.1, 0.15) is 12.4 Å². The van der Waals surface area contributed by atoms with Crippen LogP contribution in [-0.4, -0.2) is 13.2 Å². The summed E-state index contributed by atoms with van der Waals surface area (Å²) in [5, 5.41) is 6.94. The molecular weight excluding hydrogens is 317 g/mol. The van der Waals surface area contributed by atoms with E-state index in [2.05, 4.69) is 29.6 Å². The van der Waals surface area contributed by atoms with Crippen LogP contribution in [0.1, 0.15) is 0 Å². The number of rotatable bonds is 5. The van der Waals surface area contributed by atoms with Crippen LogP contribution in [0.15, 0.2) is 60.7 Å². The highest BCUT2D eigenvalue weighted by Crippen LogP contribution is 2.27. The van der Waals surface area contributed by atoms with Gasteiger partial charge in [0.05, 0.1) is 5.02 Å². The van der Waals surface area contributed by atoms with Crippen LogP contribution in [0.2, 0.25) is 10.0 Å². The summed E-state index contributed by atoms with van der Waals surface area (Å²) in [4.78, 5) is 0. The normalized spacial score (nSPS) is 10.6. The molecule has 0 spiro atoms. The summed E-state index contributed by atoms with van der Waals surface area (Å²) in [6.07, 6.45) is 0. The molecule has 0 atom stereocenters. The van der Waals surface area contributed by atoms with Gasteiger partial charge in [-0.1, -0.05) is 59.6 Å². The zero-order chi connectivity index (χ0) is 15.4. The molecule has 1 N–H and O–H groups in total. The lowest BCUT2D eigenvalue weighted by molar-refractivity contribution is 0.333. The summed E-state index contributed by atoms with van der Waals surface area (Å²) >= 11 is 11.9. The fourth-order valence-electron chi connectivity index (χ4n) is 2.32. The summed E-state index contributed by atoms with van der Waals surface area (Å²) in [7, 11) is 0. The van der Waals surface area contributed by atoms with E-state index in [9.17, 15) is 0 Å². The third kappa shape index (κ3) is 3.46. The standard InChI is InChI=1S/C18H15Cl2NO/c19-14-8-9-18(16(20)12-14)22-11-10-21-17-7-3-5-13-4-1-2-6-15(13)17/h1-9,12,21H,10-11H2. The van der Waals surface area contributed by atoms with Gasteiger partial charge in [0, 0.05) is 22.6 Å². The maximum Gasteiger partial charge on any atom is 0.138 e. The Balaban J connectivity index is 1.61. The first-order valence-electron chi connectivity index (χ1n) is 7.03. The number of fused-ring (bicyclic) bond motifs is 1. The van der Waals surface area contributed by atoms with Gasteiger partial charge < -0.3 is 10.1 Å². The third-order valence-electron chi connectivity index (χ3n) is 3.36. The van der Waals surface area contributed by atoms with Gasteiger partial charge in [-0.05, 0) is 29.7 Å². The Morgan fingerprint density at radius 3 is 2.59 bits per heavy atom. The molecule has 0 aliphatic carbocycles. The van der Waals surface area contributed by atoms with Crippen LogP contribution >= 0.6 is 23.2 Å². The molecule has 0 bridgehead atoms. The number of benzene rings is 3. The monoisotopic (exact) mass is 331 g/mol. The van der Waals surface area contributed by atoms with Gasteiger partial charge in [0.25, 0.3) is 0 Å². The lowest BCUT2D eigenvalue weighted by Crippen LogP contribution is -2.11.